The van der Waals surface area contributed by atoms with E-state index in [2.05, 4.69) is 6.92 Å². The van der Waals surface area contributed by atoms with Gasteiger partial charge in [-0.25, -0.2) is 4.79 Å². The first-order valence-electron chi connectivity index (χ1n) is 6.57. The van der Waals surface area contributed by atoms with Gasteiger partial charge in [0, 0.05) is 10.1 Å². The lowest BCUT2D eigenvalue weighted by molar-refractivity contribution is 0.0696. The van der Waals surface area contributed by atoms with E-state index < -0.39 is 5.97 Å². The van der Waals surface area contributed by atoms with E-state index in [0.717, 1.165) is 16.4 Å². The fourth-order valence-electron chi connectivity index (χ4n) is 2.58. The van der Waals surface area contributed by atoms with E-state index >= 15 is 0 Å². The minimum atomic E-state index is -0.827. The van der Waals surface area contributed by atoms with Gasteiger partial charge >= 0.3 is 5.97 Å². The fraction of sp³-hybridized carbons (Fsp3) is 0.533. The highest BCUT2D eigenvalue weighted by atomic mass is 32.2. The number of carboxylic acid groups (broad SMARTS) is 1. The largest absolute Gasteiger partial charge is 0.478 e. The Balaban J connectivity index is 2.09. The molecule has 2 atom stereocenters. The van der Waals surface area contributed by atoms with Gasteiger partial charge < -0.3 is 5.11 Å². The number of thioether (sulfide) groups is 1. The molecule has 0 amide bonds. The highest BCUT2D eigenvalue weighted by Crippen LogP contribution is 2.36. The van der Waals surface area contributed by atoms with Crippen LogP contribution in [0.15, 0.2) is 23.1 Å². The lowest BCUT2D eigenvalue weighted by atomic mass is 9.91. The Bertz CT molecular complexity index is 442. The number of rotatable bonds is 3. The van der Waals surface area contributed by atoms with Crippen LogP contribution in [0.5, 0.6) is 0 Å². The number of hydrogen-bond acceptors (Lipinski definition) is 2. The Hall–Kier alpha value is -0.960. The highest BCUT2D eigenvalue weighted by molar-refractivity contribution is 8.00. The van der Waals surface area contributed by atoms with Crippen molar-refractivity contribution in [2.24, 2.45) is 5.92 Å². The lowest BCUT2D eigenvalue weighted by Crippen LogP contribution is -2.14. The van der Waals surface area contributed by atoms with E-state index in [1.807, 2.05) is 36.9 Å². The summed E-state index contributed by atoms with van der Waals surface area (Å²) < 4.78 is 0. The van der Waals surface area contributed by atoms with Gasteiger partial charge in [0.2, 0.25) is 0 Å². The molecule has 98 valence electrons. The van der Waals surface area contributed by atoms with Crippen molar-refractivity contribution >= 4 is 17.7 Å². The molecule has 0 saturated heterocycles. The van der Waals surface area contributed by atoms with Gasteiger partial charge in [0.15, 0.2) is 0 Å². The van der Waals surface area contributed by atoms with Crippen LogP contribution in [0.4, 0.5) is 0 Å². The van der Waals surface area contributed by atoms with Crippen molar-refractivity contribution in [2.75, 3.05) is 0 Å². The third-order valence-electron chi connectivity index (χ3n) is 3.63. The molecule has 2 nitrogen and oxygen atoms in total. The van der Waals surface area contributed by atoms with E-state index in [1.54, 1.807) is 0 Å². The first kappa shape index (κ1) is 13.5. The van der Waals surface area contributed by atoms with Crippen LogP contribution in [0.2, 0.25) is 0 Å². The number of carbonyl (C=O) groups is 1. The first-order valence-corrected chi connectivity index (χ1v) is 7.45. The second-order valence-electron chi connectivity index (χ2n) is 5.29. The van der Waals surface area contributed by atoms with E-state index in [0.29, 0.717) is 10.8 Å². The lowest BCUT2D eigenvalue weighted by Gasteiger charge is -2.26. The van der Waals surface area contributed by atoms with Crippen molar-refractivity contribution in [3.8, 4) is 0 Å². The van der Waals surface area contributed by atoms with E-state index in [1.165, 1.54) is 25.7 Å². The third kappa shape index (κ3) is 3.29. The SMILES string of the molecule is Cc1ccc(SC2CCCC(C)C2)cc1C(=O)O. The molecule has 0 spiro atoms. The summed E-state index contributed by atoms with van der Waals surface area (Å²) in [5.41, 5.74) is 1.27. The molecule has 2 unspecified atom stereocenters. The van der Waals surface area contributed by atoms with Gasteiger partial charge in [-0.05, 0) is 43.4 Å². The van der Waals surface area contributed by atoms with Crippen LogP contribution in [0.3, 0.4) is 0 Å². The second kappa shape index (κ2) is 5.79. The predicted octanol–water partition coefficient (Wildman–Crippen LogP) is 4.36. The fourth-order valence-corrected chi connectivity index (χ4v) is 4.01. The van der Waals surface area contributed by atoms with Crippen LogP contribution < -0.4 is 0 Å². The van der Waals surface area contributed by atoms with Crippen LogP contribution in [-0.2, 0) is 0 Å². The van der Waals surface area contributed by atoms with Crippen LogP contribution in [0.25, 0.3) is 0 Å². The molecule has 18 heavy (non-hydrogen) atoms. The number of carboxylic acids is 1. The highest BCUT2D eigenvalue weighted by Gasteiger charge is 2.20. The maximum atomic E-state index is 11.1. The van der Waals surface area contributed by atoms with Gasteiger partial charge in [-0.15, -0.1) is 11.8 Å². The summed E-state index contributed by atoms with van der Waals surface area (Å²) in [6, 6.07) is 5.78. The van der Waals surface area contributed by atoms with Gasteiger partial charge in [0.05, 0.1) is 5.56 Å². The van der Waals surface area contributed by atoms with Crippen LogP contribution in [0.1, 0.15) is 48.5 Å². The van der Waals surface area contributed by atoms with Crippen molar-refractivity contribution in [3.63, 3.8) is 0 Å². The molecule has 1 aromatic carbocycles. The topological polar surface area (TPSA) is 37.3 Å². The van der Waals surface area contributed by atoms with E-state index in [4.69, 9.17) is 5.11 Å². The number of benzene rings is 1. The van der Waals surface area contributed by atoms with Gasteiger partial charge in [-0.3, -0.25) is 0 Å². The van der Waals surface area contributed by atoms with Crippen molar-refractivity contribution in [2.45, 2.75) is 49.7 Å². The molecule has 0 radical (unpaired) electrons. The Kier molecular flexibility index (Phi) is 4.33. The molecule has 0 aliphatic heterocycles. The summed E-state index contributed by atoms with van der Waals surface area (Å²) in [6.07, 6.45) is 5.15. The zero-order valence-electron chi connectivity index (χ0n) is 11.0. The molecule has 1 saturated carbocycles. The molecule has 1 fully saturated rings. The standard InChI is InChI=1S/C15H20O2S/c1-10-4-3-5-12(8-10)18-13-7-6-11(2)14(9-13)15(16)17/h6-7,9-10,12H,3-5,8H2,1-2H3,(H,16,17). The zero-order chi connectivity index (χ0) is 13.1. The summed E-state index contributed by atoms with van der Waals surface area (Å²) in [7, 11) is 0. The molecule has 0 bridgehead atoms. The molecule has 0 aromatic heterocycles. The molecule has 1 aliphatic carbocycles. The predicted molar refractivity (Wildman–Crippen MR) is 75.4 cm³/mol. The Morgan fingerprint density at radius 2 is 2.17 bits per heavy atom. The normalized spacial score (nSPS) is 23.9. The first-order chi connectivity index (χ1) is 8.56. The summed E-state index contributed by atoms with van der Waals surface area (Å²) in [4.78, 5) is 12.2. The molecule has 2 rings (SSSR count). The van der Waals surface area contributed by atoms with E-state index in [9.17, 15) is 4.79 Å². The quantitative estimate of drug-likeness (QED) is 0.881. The Morgan fingerprint density at radius 3 is 2.83 bits per heavy atom. The maximum absolute atomic E-state index is 11.1. The Labute approximate surface area is 113 Å². The van der Waals surface area contributed by atoms with Crippen molar-refractivity contribution in [1.29, 1.82) is 0 Å². The molecule has 1 aromatic rings. The average Bonchev–Trinajstić information content (AvgIpc) is 2.31. The molecular weight excluding hydrogens is 244 g/mol. The zero-order valence-corrected chi connectivity index (χ0v) is 11.8. The smallest absolute Gasteiger partial charge is 0.335 e. The summed E-state index contributed by atoms with van der Waals surface area (Å²) >= 11 is 1.85. The van der Waals surface area contributed by atoms with Gasteiger partial charge in [-0.1, -0.05) is 25.8 Å². The van der Waals surface area contributed by atoms with Crippen LogP contribution >= 0.6 is 11.8 Å². The van der Waals surface area contributed by atoms with E-state index in [-0.39, 0.29) is 0 Å². The molecule has 0 heterocycles. The van der Waals surface area contributed by atoms with Crippen molar-refractivity contribution in [3.05, 3.63) is 29.3 Å². The second-order valence-corrected chi connectivity index (χ2v) is 6.67. The van der Waals surface area contributed by atoms with Crippen LogP contribution in [-0.4, -0.2) is 16.3 Å². The number of aryl methyl sites for hydroxylation is 1. The van der Waals surface area contributed by atoms with Gasteiger partial charge in [-0.2, -0.15) is 0 Å². The number of aromatic carboxylic acids is 1. The summed E-state index contributed by atoms with van der Waals surface area (Å²) in [5.74, 6) is -0.0207. The van der Waals surface area contributed by atoms with Gasteiger partial charge in [0.25, 0.3) is 0 Å². The molecule has 1 aliphatic rings. The van der Waals surface area contributed by atoms with Crippen molar-refractivity contribution < 1.29 is 9.90 Å². The van der Waals surface area contributed by atoms with Gasteiger partial charge in [0.1, 0.15) is 0 Å². The molecular formula is C15H20O2S. The molecule has 1 N–H and O–H groups in total. The maximum Gasteiger partial charge on any atom is 0.335 e. The monoisotopic (exact) mass is 264 g/mol. The summed E-state index contributed by atoms with van der Waals surface area (Å²) in [6.45, 7) is 4.16. The van der Waals surface area contributed by atoms with Crippen LogP contribution in [0, 0.1) is 12.8 Å². The Morgan fingerprint density at radius 1 is 1.39 bits per heavy atom. The minimum Gasteiger partial charge on any atom is -0.478 e. The average molecular weight is 264 g/mol. The van der Waals surface area contributed by atoms with Crippen molar-refractivity contribution in [1.82, 2.24) is 0 Å². The number of hydrogen-bond donors (Lipinski definition) is 1. The summed E-state index contributed by atoms with van der Waals surface area (Å²) in [5, 5.41) is 9.78. The third-order valence-corrected chi connectivity index (χ3v) is 4.92. The molecule has 3 heteroatoms. The minimum absolute atomic E-state index is 0.434.